The minimum absolute atomic E-state index is 0.129. The third-order valence-electron chi connectivity index (χ3n) is 5.24. The number of fused-ring (bicyclic) bond motifs is 1. The van der Waals surface area contributed by atoms with E-state index in [0.717, 1.165) is 23.7 Å². The van der Waals surface area contributed by atoms with Crippen LogP contribution in [-0.2, 0) is 6.42 Å². The quantitative estimate of drug-likeness (QED) is 0.474. The van der Waals surface area contributed by atoms with Crippen molar-refractivity contribution in [1.29, 1.82) is 0 Å². The van der Waals surface area contributed by atoms with Gasteiger partial charge in [0, 0.05) is 24.2 Å². The van der Waals surface area contributed by atoms with Crippen molar-refractivity contribution in [2.24, 2.45) is 11.0 Å². The lowest BCUT2D eigenvalue weighted by atomic mass is 9.95. The van der Waals surface area contributed by atoms with E-state index in [9.17, 15) is 4.79 Å². The lowest BCUT2D eigenvalue weighted by Crippen LogP contribution is -2.25. The van der Waals surface area contributed by atoms with Gasteiger partial charge >= 0.3 is 0 Å². The largest absolute Gasteiger partial charge is 0.271 e. The summed E-state index contributed by atoms with van der Waals surface area (Å²) in [6.07, 6.45) is 2.84. The Kier molecular flexibility index (Phi) is 5.46. The molecular formula is C23H24N4O. The Hall–Kier alpha value is -3.02. The van der Waals surface area contributed by atoms with Gasteiger partial charge in [-0.25, -0.2) is 10.9 Å². The minimum Gasteiger partial charge on any atom is -0.267 e. The molecule has 28 heavy (non-hydrogen) atoms. The highest BCUT2D eigenvalue weighted by Gasteiger charge is 2.26. The van der Waals surface area contributed by atoms with Crippen LogP contribution in [0.2, 0.25) is 0 Å². The summed E-state index contributed by atoms with van der Waals surface area (Å²) in [6, 6.07) is 22.3. The molecule has 5 nitrogen and oxygen atoms in total. The fraction of sp³-hybridized carbons (Fsp3) is 0.217. The molecule has 3 N–H and O–H groups in total. The molecule has 0 spiro atoms. The van der Waals surface area contributed by atoms with Crippen LogP contribution in [0.15, 0.2) is 71.8 Å². The highest BCUT2D eigenvalue weighted by Crippen LogP contribution is 2.24. The number of hydrogen-bond acceptors (Lipinski definition) is 4. The molecule has 142 valence electrons. The molecule has 0 aliphatic carbocycles. The van der Waals surface area contributed by atoms with E-state index < -0.39 is 0 Å². The number of carbonyl (C=O) groups is 1. The van der Waals surface area contributed by atoms with Crippen LogP contribution in [-0.4, -0.2) is 18.7 Å². The second-order valence-electron chi connectivity index (χ2n) is 7.01. The average molecular weight is 372 g/mol. The van der Waals surface area contributed by atoms with Gasteiger partial charge in [0.2, 0.25) is 0 Å². The van der Waals surface area contributed by atoms with Gasteiger partial charge in [-0.3, -0.25) is 10.2 Å². The zero-order valence-corrected chi connectivity index (χ0v) is 15.9. The van der Waals surface area contributed by atoms with Crippen molar-refractivity contribution < 1.29 is 4.79 Å². The van der Waals surface area contributed by atoms with Crippen molar-refractivity contribution in [3.63, 3.8) is 0 Å². The molecular weight excluding hydrogens is 348 g/mol. The summed E-state index contributed by atoms with van der Waals surface area (Å²) < 4.78 is 0. The van der Waals surface area contributed by atoms with E-state index in [2.05, 4.69) is 52.6 Å². The van der Waals surface area contributed by atoms with Crippen LogP contribution >= 0.6 is 0 Å². The molecule has 3 aromatic carbocycles. The molecule has 0 saturated carbocycles. The normalized spacial score (nSPS) is 19.3. The van der Waals surface area contributed by atoms with Crippen molar-refractivity contribution >= 4 is 22.9 Å². The molecule has 3 aromatic rings. The summed E-state index contributed by atoms with van der Waals surface area (Å²) in [6.45, 7) is 2.91. The number of hydrazone groups is 1. The van der Waals surface area contributed by atoms with Crippen molar-refractivity contribution in [2.75, 3.05) is 6.54 Å². The zero-order valence-electron chi connectivity index (χ0n) is 15.9. The molecule has 2 atom stereocenters. The number of aryl methyl sites for hydroxylation is 1. The van der Waals surface area contributed by atoms with E-state index in [1.54, 1.807) is 0 Å². The fourth-order valence-electron chi connectivity index (χ4n) is 3.62. The summed E-state index contributed by atoms with van der Waals surface area (Å²) in [7, 11) is 0. The molecule has 1 amide bonds. The molecule has 4 rings (SSSR count). The van der Waals surface area contributed by atoms with Gasteiger partial charge in [-0.05, 0) is 34.4 Å². The smallest absolute Gasteiger partial charge is 0.267 e. The van der Waals surface area contributed by atoms with Crippen molar-refractivity contribution in [3.05, 3.63) is 83.4 Å². The molecule has 5 heteroatoms. The van der Waals surface area contributed by atoms with Crippen LogP contribution in [0.25, 0.3) is 10.8 Å². The van der Waals surface area contributed by atoms with Crippen molar-refractivity contribution in [2.45, 2.75) is 19.4 Å². The Morgan fingerprint density at radius 2 is 1.89 bits per heavy atom. The Morgan fingerprint density at radius 3 is 2.71 bits per heavy atom. The van der Waals surface area contributed by atoms with Gasteiger partial charge < -0.3 is 0 Å². The van der Waals surface area contributed by atoms with Crippen molar-refractivity contribution in [1.82, 2.24) is 16.3 Å². The van der Waals surface area contributed by atoms with Gasteiger partial charge in [-0.15, -0.1) is 0 Å². The van der Waals surface area contributed by atoms with E-state index in [-0.39, 0.29) is 17.9 Å². The van der Waals surface area contributed by atoms with Crippen LogP contribution in [0.1, 0.15) is 34.5 Å². The van der Waals surface area contributed by atoms with E-state index in [4.69, 9.17) is 0 Å². The lowest BCUT2D eigenvalue weighted by molar-refractivity contribution is 0.0956. The van der Waals surface area contributed by atoms with Gasteiger partial charge in [0.1, 0.15) is 0 Å². The number of nitrogens with one attached hydrogen (secondary N) is 3. The Labute approximate surface area is 164 Å². The number of hydrazine groups is 1. The number of amides is 1. The lowest BCUT2D eigenvalue weighted by Gasteiger charge is -2.15. The Morgan fingerprint density at radius 1 is 1.11 bits per heavy atom. The minimum atomic E-state index is -0.198. The second kappa shape index (κ2) is 8.33. The Balaban J connectivity index is 1.45. The molecule has 0 bridgehead atoms. The van der Waals surface area contributed by atoms with E-state index in [1.807, 2.05) is 48.7 Å². The predicted molar refractivity (Wildman–Crippen MR) is 113 cm³/mol. The summed E-state index contributed by atoms with van der Waals surface area (Å²) in [5.41, 5.74) is 12.3. The standard InChI is InChI=1S/C23H24N4O/c1-2-16-10-12-18(13-11-16)22-19(14-24-26-22)15-25-27-23(28)21-9-5-7-17-6-3-4-8-20(17)21/h3-13,15,19,22,24,26H,2,14H2,1H3,(H,27,28)/b25-15+. The van der Waals surface area contributed by atoms with E-state index in [0.29, 0.717) is 5.56 Å². The highest BCUT2D eigenvalue weighted by atomic mass is 16.2. The van der Waals surface area contributed by atoms with Gasteiger partial charge in [0.05, 0.1) is 6.04 Å². The monoisotopic (exact) mass is 372 g/mol. The first kappa shape index (κ1) is 18.3. The SMILES string of the molecule is CCc1ccc(C2NNCC2/C=N/NC(=O)c2cccc3ccccc23)cc1. The number of nitrogens with zero attached hydrogens (tertiary/aromatic N) is 1. The molecule has 1 aliphatic heterocycles. The second-order valence-corrected chi connectivity index (χ2v) is 7.01. The first-order valence-electron chi connectivity index (χ1n) is 9.65. The molecule has 0 aromatic heterocycles. The summed E-state index contributed by atoms with van der Waals surface area (Å²) in [5.74, 6) is -0.0453. The van der Waals surface area contributed by atoms with Crippen molar-refractivity contribution in [3.8, 4) is 0 Å². The molecule has 1 heterocycles. The zero-order chi connectivity index (χ0) is 19.3. The molecule has 0 radical (unpaired) electrons. The number of hydrogen-bond donors (Lipinski definition) is 3. The van der Waals surface area contributed by atoms with Crippen LogP contribution in [0, 0.1) is 5.92 Å². The number of benzene rings is 3. The van der Waals surface area contributed by atoms with Gasteiger partial charge in [-0.2, -0.15) is 5.10 Å². The van der Waals surface area contributed by atoms with Crippen LogP contribution < -0.4 is 16.3 Å². The molecule has 1 saturated heterocycles. The number of carbonyl (C=O) groups excluding carboxylic acids is 1. The van der Waals surface area contributed by atoms with E-state index >= 15 is 0 Å². The van der Waals surface area contributed by atoms with Crippen LogP contribution in [0.5, 0.6) is 0 Å². The van der Waals surface area contributed by atoms with Crippen LogP contribution in [0.3, 0.4) is 0 Å². The van der Waals surface area contributed by atoms with E-state index in [1.165, 1.54) is 11.1 Å². The molecule has 2 unspecified atom stereocenters. The topological polar surface area (TPSA) is 65.5 Å². The summed E-state index contributed by atoms with van der Waals surface area (Å²) in [5, 5.41) is 6.21. The molecule has 1 fully saturated rings. The summed E-state index contributed by atoms with van der Waals surface area (Å²) >= 11 is 0. The third-order valence-corrected chi connectivity index (χ3v) is 5.24. The van der Waals surface area contributed by atoms with Crippen LogP contribution in [0.4, 0.5) is 0 Å². The first-order valence-corrected chi connectivity index (χ1v) is 9.65. The number of rotatable bonds is 5. The average Bonchev–Trinajstić information content (AvgIpc) is 3.22. The Bertz CT molecular complexity index is 992. The maximum absolute atomic E-state index is 12.6. The fourth-order valence-corrected chi connectivity index (χ4v) is 3.62. The highest BCUT2D eigenvalue weighted by molar-refractivity contribution is 6.07. The first-order chi connectivity index (χ1) is 13.8. The predicted octanol–water partition coefficient (Wildman–Crippen LogP) is 3.58. The summed E-state index contributed by atoms with van der Waals surface area (Å²) in [4.78, 5) is 12.6. The maximum atomic E-state index is 12.6. The third kappa shape index (κ3) is 3.81. The maximum Gasteiger partial charge on any atom is 0.271 e. The molecule has 1 aliphatic rings. The van der Waals surface area contributed by atoms with Gasteiger partial charge in [-0.1, -0.05) is 67.6 Å². The van der Waals surface area contributed by atoms with Gasteiger partial charge in [0.25, 0.3) is 5.91 Å². The van der Waals surface area contributed by atoms with Gasteiger partial charge in [0.15, 0.2) is 0 Å².